The Morgan fingerprint density at radius 3 is 2.56 bits per heavy atom. The lowest BCUT2D eigenvalue weighted by atomic mass is 10.2. The molecule has 3 aromatic rings. The third-order valence-electron chi connectivity index (χ3n) is 4.46. The van der Waals surface area contributed by atoms with E-state index in [0.29, 0.717) is 15.6 Å². The molecule has 2 atom stereocenters. The molecule has 0 unspecified atom stereocenters. The topological polar surface area (TPSA) is 153 Å². The molecule has 0 fully saturated rings. The van der Waals surface area contributed by atoms with Crippen LogP contribution >= 0.6 is 30.8 Å². The monoisotopic (exact) mass is 531 g/mol. The molecule has 5 N–H and O–H groups in total. The maximum absolute atomic E-state index is 14.7. The molecule has 0 radical (unpaired) electrons. The summed E-state index contributed by atoms with van der Waals surface area (Å²) in [5, 5.41) is 12.7. The molecule has 2 aromatic heterocycles. The van der Waals surface area contributed by atoms with Crippen LogP contribution < -0.4 is 15.8 Å². The molecule has 184 valence electrons. The van der Waals surface area contributed by atoms with E-state index < -0.39 is 25.8 Å². The zero-order chi connectivity index (χ0) is 25.0. The van der Waals surface area contributed by atoms with Gasteiger partial charge in [-0.3, -0.25) is 4.52 Å². The first-order chi connectivity index (χ1) is 15.9. The van der Waals surface area contributed by atoms with E-state index in [2.05, 4.69) is 25.0 Å². The first-order valence-electron chi connectivity index (χ1n) is 10.1. The minimum atomic E-state index is -4.71. The number of nitrogens with one attached hydrogen (secondary N) is 1. The first-order valence-corrected chi connectivity index (χ1v) is 12.8. The van der Waals surface area contributed by atoms with Crippen LogP contribution in [0.5, 0.6) is 5.75 Å². The molecule has 0 amide bonds. The first kappa shape index (κ1) is 26.4. The number of ether oxygens (including phenoxy) is 1. The van der Waals surface area contributed by atoms with Crippen molar-refractivity contribution in [3.8, 4) is 26.9 Å². The minimum absolute atomic E-state index is 0.172. The predicted octanol–water partition coefficient (Wildman–Crippen LogP) is 4.08. The summed E-state index contributed by atoms with van der Waals surface area (Å²) in [5.41, 5.74) is 6.89. The van der Waals surface area contributed by atoms with Crippen LogP contribution in [0, 0.1) is 5.82 Å². The van der Waals surface area contributed by atoms with E-state index in [4.69, 9.17) is 31.9 Å². The number of nitrogens with zero attached hydrogens (tertiary/aromatic N) is 3. The summed E-state index contributed by atoms with van der Waals surface area (Å²) < 4.78 is 35.5. The Balaban J connectivity index is 1.72. The molecular weight excluding hydrogens is 508 g/mol. The van der Waals surface area contributed by atoms with E-state index in [1.807, 2.05) is 26.0 Å². The highest BCUT2D eigenvalue weighted by Gasteiger charge is 2.25. The number of aromatic nitrogens is 3. The Labute approximate surface area is 204 Å². The van der Waals surface area contributed by atoms with Crippen molar-refractivity contribution in [1.82, 2.24) is 15.2 Å². The van der Waals surface area contributed by atoms with Crippen LogP contribution in [0.15, 0.2) is 30.5 Å². The highest BCUT2D eigenvalue weighted by Crippen LogP contribution is 2.39. The van der Waals surface area contributed by atoms with Gasteiger partial charge in [-0.1, -0.05) is 22.9 Å². The smallest absolute Gasteiger partial charge is 0.469 e. The zero-order valence-corrected chi connectivity index (χ0v) is 20.9. The average Bonchev–Trinajstić information content (AvgIpc) is 3.22. The van der Waals surface area contributed by atoms with Crippen molar-refractivity contribution >= 4 is 36.6 Å². The van der Waals surface area contributed by atoms with E-state index in [-0.39, 0.29) is 23.4 Å². The largest absolute Gasteiger partial charge is 0.489 e. The van der Waals surface area contributed by atoms with Crippen molar-refractivity contribution in [2.75, 3.05) is 11.9 Å². The number of phosphoric ester groups is 1. The normalized spacial score (nSPS) is 13.7. The van der Waals surface area contributed by atoms with Crippen molar-refractivity contribution in [3.05, 3.63) is 41.3 Å². The van der Waals surface area contributed by atoms with Gasteiger partial charge in [0.25, 0.3) is 0 Å². The number of pyridine rings is 1. The van der Waals surface area contributed by atoms with Gasteiger partial charge < -0.3 is 25.6 Å². The maximum atomic E-state index is 14.7. The lowest BCUT2D eigenvalue weighted by Crippen LogP contribution is -2.39. The molecule has 10 nitrogen and oxygen atoms in total. The summed E-state index contributed by atoms with van der Waals surface area (Å²) >= 11 is 7.57. The fourth-order valence-corrected chi connectivity index (χ4v) is 4.52. The highest BCUT2D eigenvalue weighted by atomic mass is 35.5. The molecule has 1 aromatic carbocycles. The molecule has 0 saturated heterocycles. The van der Waals surface area contributed by atoms with Gasteiger partial charge in [-0.2, -0.15) is 0 Å². The number of nitrogens with two attached hydrogens (primary N) is 1. The van der Waals surface area contributed by atoms with Gasteiger partial charge in [0, 0.05) is 29.4 Å². The lowest BCUT2D eigenvalue weighted by Gasteiger charge is -2.21. The van der Waals surface area contributed by atoms with Crippen LogP contribution in [0.25, 0.3) is 21.1 Å². The summed E-state index contributed by atoms with van der Waals surface area (Å²) in [7, 11) is -4.71. The van der Waals surface area contributed by atoms with Crippen LogP contribution in [0.1, 0.15) is 20.8 Å². The molecule has 34 heavy (non-hydrogen) atoms. The van der Waals surface area contributed by atoms with Crippen molar-refractivity contribution in [2.45, 2.75) is 39.0 Å². The van der Waals surface area contributed by atoms with Crippen molar-refractivity contribution in [2.24, 2.45) is 5.73 Å². The quantitative estimate of drug-likeness (QED) is 0.281. The lowest BCUT2D eigenvalue weighted by molar-refractivity contribution is 0.106. The molecule has 0 aliphatic heterocycles. The second-order valence-electron chi connectivity index (χ2n) is 7.68. The second kappa shape index (κ2) is 11.0. The number of hydrogen-bond acceptors (Lipinski definition) is 9. The molecule has 3 rings (SSSR count). The van der Waals surface area contributed by atoms with E-state index in [9.17, 15) is 8.96 Å². The van der Waals surface area contributed by atoms with E-state index >= 15 is 0 Å². The average molecular weight is 532 g/mol. The van der Waals surface area contributed by atoms with Crippen LogP contribution in [0.4, 0.5) is 10.2 Å². The Kier molecular flexibility index (Phi) is 8.58. The second-order valence-corrected chi connectivity index (χ2v) is 10.3. The highest BCUT2D eigenvalue weighted by molar-refractivity contribution is 7.46. The summed E-state index contributed by atoms with van der Waals surface area (Å²) in [4.78, 5) is 22.1. The summed E-state index contributed by atoms with van der Waals surface area (Å²) in [6.45, 7) is 5.14. The van der Waals surface area contributed by atoms with Gasteiger partial charge in [0.05, 0.1) is 17.2 Å². The van der Waals surface area contributed by atoms with Crippen molar-refractivity contribution in [3.63, 3.8) is 0 Å². The van der Waals surface area contributed by atoms with Gasteiger partial charge in [0.2, 0.25) is 0 Å². The Hall–Kier alpha value is -2.18. The summed E-state index contributed by atoms with van der Waals surface area (Å²) in [6.07, 6.45) is 0.650. The van der Waals surface area contributed by atoms with E-state index in [1.54, 1.807) is 6.20 Å². The van der Waals surface area contributed by atoms with E-state index in [1.165, 1.54) is 30.4 Å². The third-order valence-corrected chi connectivity index (χ3v) is 6.39. The van der Waals surface area contributed by atoms with Crippen LogP contribution in [0.3, 0.4) is 0 Å². The zero-order valence-electron chi connectivity index (χ0n) is 18.5. The number of hydrogen-bond donors (Lipinski definition) is 4. The Morgan fingerprint density at radius 2 is 1.94 bits per heavy atom. The molecule has 0 aliphatic rings. The number of rotatable bonds is 10. The van der Waals surface area contributed by atoms with Gasteiger partial charge in [0.1, 0.15) is 22.4 Å². The molecule has 0 aliphatic carbocycles. The Bertz CT molecular complexity index is 1180. The molecular formula is C20H24ClFN5O5PS. The van der Waals surface area contributed by atoms with Gasteiger partial charge in [-0.05, 0) is 39.0 Å². The van der Waals surface area contributed by atoms with Crippen LogP contribution in [0.2, 0.25) is 5.02 Å². The molecule has 0 saturated carbocycles. The standard InChI is InChI=1S/C20H24ClFN5O5PS/c1-10(2)25-18-5-4-12(8-24-18)19-26-27-20(34-19)13-6-15(22)17(7-14(13)21)31-9-16(23)11(3)32-33(28,29)30/h4-8,10-11,16H,9,23H2,1-3H3,(H,24,25)(H2,28,29,30)/t11-,16+/m0/s1. The number of benzene rings is 1. The third kappa shape index (κ3) is 7.16. The summed E-state index contributed by atoms with van der Waals surface area (Å²) in [5.74, 6) is -0.140. The molecule has 0 bridgehead atoms. The van der Waals surface area contributed by atoms with Gasteiger partial charge in [-0.25, -0.2) is 13.9 Å². The fraction of sp³-hybridized carbons (Fsp3) is 0.350. The maximum Gasteiger partial charge on any atom is 0.469 e. The summed E-state index contributed by atoms with van der Waals surface area (Å²) in [6, 6.07) is 5.49. The molecule has 14 heteroatoms. The van der Waals surface area contributed by atoms with Gasteiger partial charge in [0.15, 0.2) is 11.6 Å². The van der Waals surface area contributed by atoms with Crippen LogP contribution in [-0.2, 0) is 9.09 Å². The minimum Gasteiger partial charge on any atom is -0.489 e. The van der Waals surface area contributed by atoms with Gasteiger partial charge in [-0.15, -0.1) is 10.2 Å². The number of halogens is 2. The van der Waals surface area contributed by atoms with Gasteiger partial charge >= 0.3 is 7.82 Å². The van der Waals surface area contributed by atoms with Crippen molar-refractivity contribution in [1.29, 1.82) is 0 Å². The number of anilines is 1. The van der Waals surface area contributed by atoms with E-state index in [0.717, 1.165) is 11.4 Å². The molecule has 2 heterocycles. The SMILES string of the molecule is CC(C)Nc1ccc(-c2nnc(-c3cc(F)c(OC[C@@H](N)[C@H](C)OP(=O)(O)O)cc3Cl)s2)cn1. The van der Waals surface area contributed by atoms with Crippen molar-refractivity contribution < 1.29 is 28.0 Å². The molecule has 0 spiro atoms. The number of phosphoric acid groups is 1. The fourth-order valence-electron chi connectivity index (χ4n) is 2.77. The van der Waals surface area contributed by atoms with Crippen LogP contribution in [-0.4, -0.2) is 49.8 Å². The Morgan fingerprint density at radius 1 is 1.24 bits per heavy atom. The predicted molar refractivity (Wildman–Crippen MR) is 128 cm³/mol.